The third-order valence-electron chi connectivity index (χ3n) is 4.12. The maximum Gasteiger partial charge on any atom is 0.416 e. The third-order valence-corrected chi connectivity index (χ3v) is 4.12. The Labute approximate surface area is 160 Å². The number of hydrogen-bond donors (Lipinski definition) is 1. The second-order valence-electron chi connectivity index (χ2n) is 5.98. The number of para-hydroxylation sites is 1. The van der Waals surface area contributed by atoms with Crippen LogP contribution in [0.5, 0.6) is 11.5 Å². The number of methoxy groups -OCH3 is 2. The van der Waals surface area contributed by atoms with E-state index in [-0.39, 0.29) is 5.89 Å². The lowest BCUT2D eigenvalue weighted by Gasteiger charge is -2.12. The fourth-order valence-electron chi connectivity index (χ4n) is 2.74. The van der Waals surface area contributed by atoms with Gasteiger partial charge in [-0.05, 0) is 30.3 Å². The summed E-state index contributed by atoms with van der Waals surface area (Å²) in [5, 5.41) is 3.23. The van der Waals surface area contributed by atoms with Gasteiger partial charge in [0, 0.05) is 24.2 Å². The monoisotopic (exact) mass is 392 g/mol. The topological polar surface area (TPSA) is 56.5 Å². The van der Waals surface area contributed by atoms with Gasteiger partial charge >= 0.3 is 6.18 Å². The number of nitrogens with one attached hydrogen (secondary N) is 1. The molecule has 0 aliphatic rings. The summed E-state index contributed by atoms with van der Waals surface area (Å²) in [5.74, 6) is 1.57. The zero-order chi connectivity index (χ0) is 20.1. The molecule has 8 heteroatoms. The van der Waals surface area contributed by atoms with Crippen molar-refractivity contribution in [3.63, 3.8) is 0 Å². The van der Waals surface area contributed by atoms with E-state index in [2.05, 4.69) is 10.3 Å². The molecule has 0 atom stereocenters. The van der Waals surface area contributed by atoms with E-state index in [1.165, 1.54) is 18.4 Å². The summed E-state index contributed by atoms with van der Waals surface area (Å²) in [6.07, 6.45) is -2.89. The van der Waals surface area contributed by atoms with Crippen molar-refractivity contribution in [3.05, 3.63) is 65.5 Å². The molecule has 5 nitrogen and oxygen atoms in total. The Bertz CT molecular complexity index is 921. The first-order chi connectivity index (χ1) is 13.4. The summed E-state index contributed by atoms with van der Waals surface area (Å²) in [7, 11) is 3.16. The molecule has 0 bridgehead atoms. The van der Waals surface area contributed by atoms with E-state index in [4.69, 9.17) is 13.9 Å². The Hall–Kier alpha value is -3.00. The van der Waals surface area contributed by atoms with E-state index >= 15 is 0 Å². The van der Waals surface area contributed by atoms with Crippen LogP contribution in [0.2, 0.25) is 0 Å². The summed E-state index contributed by atoms with van der Waals surface area (Å²) < 4.78 is 54.0. The van der Waals surface area contributed by atoms with E-state index in [1.54, 1.807) is 14.2 Å². The van der Waals surface area contributed by atoms with Crippen LogP contribution in [0.4, 0.5) is 13.2 Å². The van der Waals surface area contributed by atoms with Crippen LogP contribution < -0.4 is 14.8 Å². The number of hydrogen-bond acceptors (Lipinski definition) is 5. The van der Waals surface area contributed by atoms with Gasteiger partial charge in [0.1, 0.15) is 6.26 Å². The number of aromatic nitrogens is 1. The van der Waals surface area contributed by atoms with Gasteiger partial charge in [-0.3, -0.25) is 0 Å². The van der Waals surface area contributed by atoms with Crippen molar-refractivity contribution in [3.8, 4) is 23.0 Å². The number of ether oxygens (including phenoxy) is 2. The van der Waals surface area contributed by atoms with Crippen LogP contribution in [0.1, 0.15) is 16.8 Å². The van der Waals surface area contributed by atoms with Crippen LogP contribution in [0.25, 0.3) is 11.5 Å². The molecule has 0 aliphatic carbocycles. The molecule has 3 rings (SSSR count). The fraction of sp³-hybridized carbons (Fsp3) is 0.250. The standard InChI is InChI=1S/C20H19F3N2O3/c1-26-17-5-3-4-14(18(17)27-2)10-24-11-16-12-28-19(25-16)13-6-8-15(9-7-13)20(21,22)23/h3-9,12,24H,10-11H2,1-2H3. The lowest BCUT2D eigenvalue weighted by Crippen LogP contribution is -2.13. The molecule has 1 N–H and O–H groups in total. The van der Waals surface area contributed by atoms with E-state index in [1.807, 2.05) is 18.2 Å². The minimum atomic E-state index is -4.37. The number of rotatable bonds is 7. The Kier molecular flexibility index (Phi) is 5.89. The highest BCUT2D eigenvalue weighted by molar-refractivity contribution is 5.54. The van der Waals surface area contributed by atoms with Crippen LogP contribution in [0.15, 0.2) is 53.1 Å². The van der Waals surface area contributed by atoms with Gasteiger partial charge < -0.3 is 19.2 Å². The zero-order valence-electron chi connectivity index (χ0n) is 15.3. The first-order valence-corrected chi connectivity index (χ1v) is 8.45. The normalized spacial score (nSPS) is 11.5. The largest absolute Gasteiger partial charge is 0.493 e. The molecule has 0 saturated heterocycles. The summed E-state index contributed by atoms with van der Waals surface area (Å²) in [6.45, 7) is 0.938. The van der Waals surface area contributed by atoms with E-state index in [0.29, 0.717) is 35.8 Å². The van der Waals surface area contributed by atoms with E-state index in [9.17, 15) is 13.2 Å². The molecule has 0 saturated carbocycles. The minimum Gasteiger partial charge on any atom is -0.493 e. The maximum absolute atomic E-state index is 12.6. The highest BCUT2D eigenvalue weighted by atomic mass is 19.4. The second-order valence-corrected chi connectivity index (χ2v) is 5.98. The van der Waals surface area contributed by atoms with E-state index < -0.39 is 11.7 Å². The fourth-order valence-corrected chi connectivity index (χ4v) is 2.74. The Morgan fingerprint density at radius 3 is 2.39 bits per heavy atom. The summed E-state index contributed by atoms with van der Waals surface area (Å²) in [4.78, 5) is 4.31. The zero-order valence-corrected chi connectivity index (χ0v) is 15.3. The molecule has 1 aromatic heterocycles. The number of alkyl halides is 3. The SMILES string of the molecule is COc1cccc(CNCc2coc(-c3ccc(C(F)(F)F)cc3)n2)c1OC. The molecule has 2 aromatic carbocycles. The summed E-state index contributed by atoms with van der Waals surface area (Å²) in [6, 6.07) is 10.3. The first kappa shape index (κ1) is 19.8. The molecular formula is C20H19F3N2O3. The predicted octanol–water partition coefficient (Wildman–Crippen LogP) is 4.67. The molecule has 0 spiro atoms. The molecule has 1 heterocycles. The van der Waals surface area contributed by atoms with Crippen molar-refractivity contribution in [2.75, 3.05) is 14.2 Å². The van der Waals surface area contributed by atoms with Crippen LogP contribution >= 0.6 is 0 Å². The average Bonchev–Trinajstić information content (AvgIpc) is 3.16. The predicted molar refractivity (Wildman–Crippen MR) is 97.0 cm³/mol. The Balaban J connectivity index is 1.63. The van der Waals surface area contributed by atoms with Crippen molar-refractivity contribution in [2.24, 2.45) is 0 Å². The van der Waals surface area contributed by atoms with Crippen LogP contribution in [0.3, 0.4) is 0 Å². The van der Waals surface area contributed by atoms with Crippen molar-refractivity contribution in [2.45, 2.75) is 19.3 Å². The average molecular weight is 392 g/mol. The van der Waals surface area contributed by atoms with Crippen LogP contribution in [-0.4, -0.2) is 19.2 Å². The number of oxazole rings is 1. The van der Waals surface area contributed by atoms with Gasteiger partial charge in [0.05, 0.1) is 25.5 Å². The second kappa shape index (κ2) is 8.35. The van der Waals surface area contributed by atoms with Gasteiger partial charge in [-0.25, -0.2) is 4.98 Å². The van der Waals surface area contributed by atoms with Crippen molar-refractivity contribution >= 4 is 0 Å². The van der Waals surface area contributed by atoms with Crippen LogP contribution in [-0.2, 0) is 19.3 Å². The van der Waals surface area contributed by atoms with Gasteiger partial charge in [-0.1, -0.05) is 12.1 Å². The summed E-state index contributed by atoms with van der Waals surface area (Å²) in [5.41, 5.74) is 1.33. The van der Waals surface area contributed by atoms with Gasteiger partial charge in [0.2, 0.25) is 5.89 Å². The molecule has 0 unspecified atom stereocenters. The molecule has 0 amide bonds. The lowest BCUT2D eigenvalue weighted by molar-refractivity contribution is -0.137. The number of benzene rings is 2. The molecule has 148 valence electrons. The number of halogens is 3. The first-order valence-electron chi connectivity index (χ1n) is 8.45. The molecule has 0 aliphatic heterocycles. The third kappa shape index (κ3) is 4.45. The highest BCUT2D eigenvalue weighted by Crippen LogP contribution is 2.31. The molecule has 3 aromatic rings. The highest BCUT2D eigenvalue weighted by Gasteiger charge is 2.30. The van der Waals surface area contributed by atoms with Gasteiger partial charge in [0.15, 0.2) is 11.5 Å². The minimum absolute atomic E-state index is 0.268. The van der Waals surface area contributed by atoms with Gasteiger partial charge in [0.25, 0.3) is 0 Å². The van der Waals surface area contributed by atoms with Crippen molar-refractivity contribution < 1.29 is 27.1 Å². The lowest BCUT2D eigenvalue weighted by atomic mass is 10.1. The molecule has 0 radical (unpaired) electrons. The van der Waals surface area contributed by atoms with Gasteiger partial charge in [-0.2, -0.15) is 13.2 Å². The molecule has 28 heavy (non-hydrogen) atoms. The van der Waals surface area contributed by atoms with Crippen molar-refractivity contribution in [1.82, 2.24) is 10.3 Å². The quantitative estimate of drug-likeness (QED) is 0.633. The Morgan fingerprint density at radius 2 is 1.75 bits per heavy atom. The number of nitrogens with zero attached hydrogens (tertiary/aromatic N) is 1. The van der Waals surface area contributed by atoms with Crippen molar-refractivity contribution in [1.29, 1.82) is 0 Å². The van der Waals surface area contributed by atoms with E-state index in [0.717, 1.165) is 17.7 Å². The maximum atomic E-state index is 12.6. The molecule has 0 fully saturated rings. The Morgan fingerprint density at radius 1 is 1.00 bits per heavy atom. The van der Waals surface area contributed by atoms with Crippen LogP contribution in [0, 0.1) is 0 Å². The smallest absolute Gasteiger partial charge is 0.416 e. The van der Waals surface area contributed by atoms with Gasteiger partial charge in [-0.15, -0.1) is 0 Å². The summed E-state index contributed by atoms with van der Waals surface area (Å²) >= 11 is 0. The molecular weight excluding hydrogens is 373 g/mol.